The molecule has 0 amide bonds. The number of hydrogen-bond donors (Lipinski definition) is 0. The standard InChI is InChI=1S/C15H29NO2/c1-4-5-6-7-8-9-11-17-12-10-14-16-15(2,3)13-18-14/h4-13H2,1-3H3. The van der Waals surface area contributed by atoms with Crippen LogP contribution in [-0.4, -0.2) is 31.3 Å². The summed E-state index contributed by atoms with van der Waals surface area (Å²) in [5.41, 5.74) is -0.0331. The molecule has 0 bridgehead atoms. The fourth-order valence-electron chi connectivity index (χ4n) is 2.04. The van der Waals surface area contributed by atoms with Gasteiger partial charge in [-0.15, -0.1) is 0 Å². The van der Waals surface area contributed by atoms with E-state index in [1.165, 1.54) is 38.5 Å². The molecule has 18 heavy (non-hydrogen) atoms. The fourth-order valence-corrected chi connectivity index (χ4v) is 2.04. The smallest absolute Gasteiger partial charge is 0.186 e. The Morgan fingerprint density at radius 2 is 1.83 bits per heavy atom. The molecule has 0 fully saturated rings. The largest absolute Gasteiger partial charge is 0.478 e. The van der Waals surface area contributed by atoms with Crippen LogP contribution in [0.15, 0.2) is 4.99 Å². The van der Waals surface area contributed by atoms with Crippen LogP contribution in [0.25, 0.3) is 0 Å². The van der Waals surface area contributed by atoms with Crippen molar-refractivity contribution < 1.29 is 9.47 Å². The summed E-state index contributed by atoms with van der Waals surface area (Å²) in [5, 5.41) is 0. The number of unbranched alkanes of at least 4 members (excludes halogenated alkanes) is 5. The van der Waals surface area contributed by atoms with Gasteiger partial charge in [0.15, 0.2) is 5.90 Å². The molecule has 0 atom stereocenters. The summed E-state index contributed by atoms with van der Waals surface area (Å²) in [6.07, 6.45) is 8.70. The van der Waals surface area contributed by atoms with Gasteiger partial charge in [-0.1, -0.05) is 39.0 Å². The van der Waals surface area contributed by atoms with Gasteiger partial charge in [0.25, 0.3) is 0 Å². The minimum Gasteiger partial charge on any atom is -0.478 e. The second-order valence-electron chi connectivity index (χ2n) is 5.74. The lowest BCUT2D eigenvalue weighted by molar-refractivity contribution is 0.132. The fraction of sp³-hybridized carbons (Fsp3) is 0.933. The summed E-state index contributed by atoms with van der Waals surface area (Å²) in [6.45, 7) is 8.76. The zero-order valence-electron chi connectivity index (χ0n) is 12.3. The SMILES string of the molecule is CCCCCCCCOCCC1=NC(C)(C)CO1. The Labute approximate surface area is 112 Å². The molecule has 1 rings (SSSR count). The molecule has 0 unspecified atom stereocenters. The first-order valence-corrected chi connectivity index (χ1v) is 7.43. The van der Waals surface area contributed by atoms with Crippen molar-refractivity contribution in [3.63, 3.8) is 0 Å². The number of hydrogen-bond acceptors (Lipinski definition) is 3. The van der Waals surface area contributed by atoms with Gasteiger partial charge in [0.1, 0.15) is 6.61 Å². The second kappa shape index (κ2) is 8.52. The lowest BCUT2D eigenvalue weighted by atomic mass is 10.1. The molecule has 0 aromatic heterocycles. The zero-order chi connectivity index (χ0) is 13.3. The van der Waals surface area contributed by atoms with E-state index >= 15 is 0 Å². The normalized spacial score (nSPS) is 17.6. The lowest BCUT2D eigenvalue weighted by Gasteiger charge is -2.07. The minimum atomic E-state index is -0.0331. The monoisotopic (exact) mass is 255 g/mol. The molecule has 0 saturated carbocycles. The molecule has 0 spiro atoms. The minimum absolute atomic E-state index is 0.0331. The van der Waals surface area contributed by atoms with Crippen LogP contribution in [0.1, 0.15) is 65.7 Å². The van der Waals surface area contributed by atoms with Crippen LogP contribution in [0, 0.1) is 0 Å². The third-order valence-corrected chi connectivity index (χ3v) is 3.12. The van der Waals surface area contributed by atoms with E-state index in [1.807, 2.05) is 0 Å². The maximum Gasteiger partial charge on any atom is 0.186 e. The Bertz CT molecular complexity index is 249. The summed E-state index contributed by atoms with van der Waals surface area (Å²) in [5.74, 6) is 0.864. The highest BCUT2D eigenvalue weighted by Gasteiger charge is 2.25. The van der Waals surface area contributed by atoms with E-state index in [9.17, 15) is 0 Å². The van der Waals surface area contributed by atoms with Gasteiger partial charge in [-0.05, 0) is 20.3 Å². The Kier molecular flexibility index (Phi) is 7.33. The van der Waals surface area contributed by atoms with E-state index < -0.39 is 0 Å². The summed E-state index contributed by atoms with van der Waals surface area (Å²) < 4.78 is 11.1. The third-order valence-electron chi connectivity index (χ3n) is 3.12. The molecule has 0 radical (unpaired) electrons. The molecule has 0 N–H and O–H groups in total. The summed E-state index contributed by atoms with van der Waals surface area (Å²) in [4.78, 5) is 4.50. The quantitative estimate of drug-likeness (QED) is 0.553. The van der Waals surface area contributed by atoms with Crippen LogP contribution in [-0.2, 0) is 9.47 Å². The molecular weight excluding hydrogens is 226 g/mol. The van der Waals surface area contributed by atoms with Crippen molar-refractivity contribution in [3.8, 4) is 0 Å². The predicted octanol–water partition coefficient (Wildman–Crippen LogP) is 3.96. The third kappa shape index (κ3) is 7.00. The number of rotatable bonds is 10. The average molecular weight is 255 g/mol. The Hall–Kier alpha value is -0.570. The molecule has 3 nitrogen and oxygen atoms in total. The van der Waals surface area contributed by atoms with Gasteiger partial charge >= 0.3 is 0 Å². The summed E-state index contributed by atoms with van der Waals surface area (Å²) >= 11 is 0. The molecule has 0 saturated heterocycles. The van der Waals surface area contributed by atoms with Crippen LogP contribution >= 0.6 is 0 Å². The van der Waals surface area contributed by atoms with Gasteiger partial charge in [-0.25, -0.2) is 4.99 Å². The van der Waals surface area contributed by atoms with Crippen molar-refractivity contribution in [1.82, 2.24) is 0 Å². The highest BCUT2D eigenvalue weighted by molar-refractivity contribution is 5.78. The van der Waals surface area contributed by atoms with Crippen LogP contribution in [0.5, 0.6) is 0 Å². The highest BCUT2D eigenvalue weighted by Crippen LogP contribution is 2.18. The van der Waals surface area contributed by atoms with E-state index in [-0.39, 0.29) is 5.54 Å². The van der Waals surface area contributed by atoms with Crippen LogP contribution in [0.3, 0.4) is 0 Å². The highest BCUT2D eigenvalue weighted by atomic mass is 16.5. The molecule has 1 aliphatic heterocycles. The summed E-state index contributed by atoms with van der Waals surface area (Å²) in [7, 11) is 0. The van der Waals surface area contributed by atoms with E-state index in [2.05, 4.69) is 25.8 Å². The number of aliphatic imine (C=N–C) groups is 1. The Morgan fingerprint density at radius 3 is 2.50 bits per heavy atom. The number of ether oxygens (including phenoxy) is 2. The van der Waals surface area contributed by atoms with Crippen LogP contribution in [0.2, 0.25) is 0 Å². The molecular formula is C15H29NO2. The van der Waals surface area contributed by atoms with E-state index in [1.54, 1.807) is 0 Å². The van der Waals surface area contributed by atoms with E-state index in [0.29, 0.717) is 6.61 Å². The molecule has 0 aromatic rings. The Morgan fingerprint density at radius 1 is 1.11 bits per heavy atom. The molecule has 0 aliphatic carbocycles. The molecule has 1 aliphatic rings. The van der Waals surface area contributed by atoms with Gasteiger partial charge in [-0.2, -0.15) is 0 Å². The Balaban J connectivity index is 1.87. The van der Waals surface area contributed by atoms with E-state index in [0.717, 1.165) is 25.5 Å². The van der Waals surface area contributed by atoms with Crippen LogP contribution < -0.4 is 0 Å². The molecule has 1 heterocycles. The zero-order valence-corrected chi connectivity index (χ0v) is 12.3. The van der Waals surface area contributed by atoms with Gasteiger partial charge in [0.05, 0.1) is 12.1 Å². The average Bonchev–Trinajstić information content (AvgIpc) is 2.67. The van der Waals surface area contributed by atoms with Gasteiger partial charge in [-0.3, -0.25) is 0 Å². The predicted molar refractivity (Wildman–Crippen MR) is 76.3 cm³/mol. The first-order chi connectivity index (χ1) is 8.64. The molecule has 0 aromatic carbocycles. The first kappa shape index (κ1) is 15.5. The summed E-state index contributed by atoms with van der Waals surface area (Å²) in [6, 6.07) is 0. The lowest BCUT2D eigenvalue weighted by Crippen LogP contribution is -2.17. The molecule has 106 valence electrons. The first-order valence-electron chi connectivity index (χ1n) is 7.43. The topological polar surface area (TPSA) is 30.8 Å². The number of nitrogens with zero attached hydrogens (tertiary/aromatic N) is 1. The van der Waals surface area contributed by atoms with Gasteiger partial charge < -0.3 is 9.47 Å². The van der Waals surface area contributed by atoms with Gasteiger partial charge in [0.2, 0.25) is 0 Å². The van der Waals surface area contributed by atoms with Crippen molar-refractivity contribution in [2.45, 2.75) is 71.3 Å². The molecule has 3 heteroatoms. The van der Waals surface area contributed by atoms with Gasteiger partial charge in [0, 0.05) is 13.0 Å². The van der Waals surface area contributed by atoms with E-state index in [4.69, 9.17) is 9.47 Å². The van der Waals surface area contributed by atoms with Crippen molar-refractivity contribution in [1.29, 1.82) is 0 Å². The van der Waals surface area contributed by atoms with Crippen molar-refractivity contribution >= 4 is 5.90 Å². The van der Waals surface area contributed by atoms with Crippen molar-refractivity contribution in [2.24, 2.45) is 4.99 Å². The second-order valence-corrected chi connectivity index (χ2v) is 5.74. The maximum atomic E-state index is 5.61. The maximum absolute atomic E-state index is 5.61. The van der Waals surface area contributed by atoms with Crippen molar-refractivity contribution in [2.75, 3.05) is 19.8 Å². The van der Waals surface area contributed by atoms with Crippen molar-refractivity contribution in [3.05, 3.63) is 0 Å². The van der Waals surface area contributed by atoms with Crippen LogP contribution in [0.4, 0.5) is 0 Å².